The zero-order valence-electron chi connectivity index (χ0n) is 11.3. The largest absolute Gasteiger partial charge is 0.466 e. The summed E-state index contributed by atoms with van der Waals surface area (Å²) in [5.74, 6) is 0.316. The maximum atomic E-state index is 11.7. The first-order valence-electron chi connectivity index (χ1n) is 6.36. The zero-order valence-corrected chi connectivity index (χ0v) is 12.9. The van der Waals surface area contributed by atoms with E-state index < -0.39 is 0 Å². The van der Waals surface area contributed by atoms with Gasteiger partial charge in [0.2, 0.25) is 5.88 Å². The molecule has 1 aromatic carbocycles. The van der Waals surface area contributed by atoms with Crippen molar-refractivity contribution in [3.05, 3.63) is 53.3 Å². The van der Waals surface area contributed by atoms with Crippen LogP contribution in [0.15, 0.2) is 57.9 Å². The molecule has 0 aliphatic carbocycles. The molecule has 2 heterocycles. The van der Waals surface area contributed by atoms with Crippen LogP contribution in [-0.2, 0) is 4.79 Å². The van der Waals surface area contributed by atoms with E-state index in [0.717, 1.165) is 5.69 Å². The van der Waals surface area contributed by atoms with Gasteiger partial charge in [0.15, 0.2) is 12.4 Å². The molecule has 3 rings (SSSR count). The van der Waals surface area contributed by atoms with Gasteiger partial charge in [0.05, 0.1) is 10.2 Å². The van der Waals surface area contributed by atoms with E-state index >= 15 is 0 Å². The molecule has 0 saturated carbocycles. The third-order valence-electron chi connectivity index (χ3n) is 2.70. The maximum absolute atomic E-state index is 11.7. The Hall–Kier alpha value is -2.61. The second-order valence-electron chi connectivity index (χ2n) is 4.28. The lowest BCUT2D eigenvalue weighted by Crippen LogP contribution is -2.20. The summed E-state index contributed by atoms with van der Waals surface area (Å²) in [6, 6.07) is 11.1. The number of benzene rings is 1. The fourth-order valence-corrected chi connectivity index (χ4v) is 2.13. The predicted molar refractivity (Wildman–Crippen MR) is 81.9 cm³/mol. The molecule has 0 radical (unpaired) electrons. The third-order valence-corrected chi connectivity index (χ3v) is 3.25. The van der Waals surface area contributed by atoms with Gasteiger partial charge in [0, 0.05) is 12.3 Å². The monoisotopic (exact) mass is 362 g/mol. The van der Waals surface area contributed by atoms with E-state index in [0.29, 0.717) is 16.2 Å². The molecule has 7 nitrogen and oxygen atoms in total. The number of para-hydroxylation sites is 1. The molecule has 0 spiro atoms. The van der Waals surface area contributed by atoms with Crippen LogP contribution in [0.25, 0.3) is 5.69 Å². The van der Waals surface area contributed by atoms with E-state index in [4.69, 9.17) is 4.74 Å². The lowest BCUT2D eigenvalue weighted by Gasteiger charge is -2.03. The predicted octanol–water partition coefficient (Wildman–Crippen LogP) is 2.64. The quantitative estimate of drug-likeness (QED) is 0.754. The van der Waals surface area contributed by atoms with Crippen molar-refractivity contribution in [2.24, 2.45) is 0 Å². The van der Waals surface area contributed by atoms with Crippen molar-refractivity contribution in [3.8, 4) is 11.6 Å². The zero-order chi connectivity index (χ0) is 15.4. The number of nitrogens with one attached hydrogen (secondary N) is 1. The van der Waals surface area contributed by atoms with Crippen molar-refractivity contribution in [2.45, 2.75) is 0 Å². The highest BCUT2D eigenvalue weighted by Gasteiger charge is 2.12. The van der Waals surface area contributed by atoms with E-state index in [1.54, 1.807) is 10.9 Å². The number of anilines is 1. The van der Waals surface area contributed by atoms with Gasteiger partial charge < -0.3 is 14.6 Å². The molecule has 1 amide bonds. The first kappa shape index (κ1) is 14.3. The highest BCUT2D eigenvalue weighted by molar-refractivity contribution is 9.10. The van der Waals surface area contributed by atoms with E-state index in [-0.39, 0.29) is 12.5 Å². The summed E-state index contributed by atoms with van der Waals surface area (Å²) >= 11 is 3.36. The average molecular weight is 363 g/mol. The van der Waals surface area contributed by atoms with Crippen LogP contribution in [0, 0.1) is 0 Å². The first-order valence-corrected chi connectivity index (χ1v) is 7.15. The Balaban J connectivity index is 1.63. The van der Waals surface area contributed by atoms with Gasteiger partial charge in [-0.25, -0.2) is 4.68 Å². The number of aromatic nitrogens is 3. The van der Waals surface area contributed by atoms with E-state index in [1.165, 1.54) is 12.3 Å². The van der Waals surface area contributed by atoms with E-state index in [1.807, 2.05) is 30.3 Å². The van der Waals surface area contributed by atoms with Crippen molar-refractivity contribution < 1.29 is 14.1 Å². The molecule has 0 aliphatic heterocycles. The Labute approximate surface area is 134 Å². The number of halogens is 1. The van der Waals surface area contributed by atoms with Gasteiger partial charge >= 0.3 is 0 Å². The second kappa shape index (κ2) is 6.44. The Morgan fingerprint density at radius 3 is 2.86 bits per heavy atom. The molecule has 1 N–H and O–H groups in total. The molecule has 0 fully saturated rings. The summed E-state index contributed by atoms with van der Waals surface area (Å²) in [6.45, 7) is -0.183. The number of nitrogens with zero attached hydrogens (tertiary/aromatic N) is 3. The van der Waals surface area contributed by atoms with Gasteiger partial charge in [0.25, 0.3) is 5.91 Å². The van der Waals surface area contributed by atoms with Gasteiger partial charge in [-0.05, 0) is 28.1 Å². The van der Waals surface area contributed by atoms with Crippen molar-refractivity contribution >= 4 is 27.7 Å². The Kier molecular flexibility index (Phi) is 4.19. The minimum atomic E-state index is -0.352. The molecule has 112 valence electrons. The van der Waals surface area contributed by atoms with Crippen molar-refractivity contribution in [2.75, 3.05) is 11.9 Å². The smallest absolute Gasteiger partial charge is 0.263 e. The van der Waals surface area contributed by atoms with Crippen LogP contribution in [0.4, 0.5) is 5.82 Å². The van der Waals surface area contributed by atoms with Crippen LogP contribution in [-0.4, -0.2) is 27.5 Å². The van der Waals surface area contributed by atoms with Gasteiger partial charge in [-0.15, -0.1) is 5.10 Å². The van der Waals surface area contributed by atoms with E-state index in [2.05, 4.69) is 36.0 Å². The number of hydrogen-bond acceptors (Lipinski definition) is 5. The van der Waals surface area contributed by atoms with Gasteiger partial charge in [-0.2, -0.15) is 0 Å². The molecule has 0 atom stereocenters. The molecule has 0 bridgehead atoms. The van der Waals surface area contributed by atoms with Gasteiger partial charge in [0.1, 0.15) is 6.26 Å². The number of ether oxygens (including phenoxy) is 1. The number of hydrogen-bond donors (Lipinski definition) is 1. The topological polar surface area (TPSA) is 82.2 Å². The van der Waals surface area contributed by atoms with Crippen LogP contribution < -0.4 is 10.1 Å². The molecule has 0 unspecified atom stereocenters. The van der Waals surface area contributed by atoms with Crippen LogP contribution in [0.1, 0.15) is 0 Å². The summed E-state index contributed by atoms with van der Waals surface area (Å²) in [4.78, 5) is 11.7. The standard InChI is InChI=1S/C14H11BrN4O3/c15-11-8-19(10-4-2-1-3-5-10)17-14(11)21-9-13(20)16-12-6-7-22-18-12/h1-8H,9H2,(H,16,18,20). The molecule has 3 aromatic rings. The molecule has 8 heteroatoms. The summed E-state index contributed by atoms with van der Waals surface area (Å²) < 4.78 is 12.3. The minimum Gasteiger partial charge on any atom is -0.466 e. The normalized spacial score (nSPS) is 10.4. The molecular formula is C14H11BrN4O3. The highest BCUT2D eigenvalue weighted by Crippen LogP contribution is 2.24. The minimum absolute atomic E-state index is 0.183. The van der Waals surface area contributed by atoms with Gasteiger partial charge in [-0.1, -0.05) is 23.4 Å². The highest BCUT2D eigenvalue weighted by atomic mass is 79.9. The van der Waals surface area contributed by atoms with Gasteiger partial charge in [-0.3, -0.25) is 4.79 Å². The summed E-state index contributed by atoms with van der Waals surface area (Å²) in [5.41, 5.74) is 0.894. The summed E-state index contributed by atoms with van der Waals surface area (Å²) in [6.07, 6.45) is 3.13. The molecule has 2 aromatic heterocycles. The molecule has 0 aliphatic rings. The molecule has 22 heavy (non-hydrogen) atoms. The SMILES string of the molecule is O=C(COc1nn(-c2ccccc2)cc1Br)Nc1ccon1. The lowest BCUT2D eigenvalue weighted by molar-refractivity contribution is -0.118. The molecular weight excluding hydrogens is 352 g/mol. The fraction of sp³-hybridized carbons (Fsp3) is 0.0714. The van der Waals surface area contributed by atoms with Crippen LogP contribution >= 0.6 is 15.9 Å². The summed E-state index contributed by atoms with van der Waals surface area (Å²) in [7, 11) is 0. The fourth-order valence-electron chi connectivity index (χ4n) is 1.74. The lowest BCUT2D eigenvalue weighted by atomic mass is 10.3. The first-order chi connectivity index (χ1) is 10.7. The van der Waals surface area contributed by atoms with Crippen LogP contribution in [0.2, 0.25) is 0 Å². The second-order valence-corrected chi connectivity index (χ2v) is 5.14. The maximum Gasteiger partial charge on any atom is 0.263 e. The van der Waals surface area contributed by atoms with Crippen molar-refractivity contribution in [1.82, 2.24) is 14.9 Å². The van der Waals surface area contributed by atoms with Crippen LogP contribution in [0.5, 0.6) is 5.88 Å². The Morgan fingerprint density at radius 2 is 2.14 bits per heavy atom. The number of amides is 1. The Bertz CT molecular complexity index is 756. The third kappa shape index (κ3) is 3.34. The summed E-state index contributed by atoms with van der Waals surface area (Å²) in [5, 5.41) is 10.4. The van der Waals surface area contributed by atoms with Crippen LogP contribution in [0.3, 0.4) is 0 Å². The van der Waals surface area contributed by atoms with E-state index in [9.17, 15) is 4.79 Å². The van der Waals surface area contributed by atoms with Crippen molar-refractivity contribution in [3.63, 3.8) is 0 Å². The number of carbonyl (C=O) groups is 1. The Morgan fingerprint density at radius 1 is 1.32 bits per heavy atom. The number of carbonyl (C=O) groups excluding carboxylic acids is 1. The molecule has 0 saturated heterocycles. The number of rotatable bonds is 5. The average Bonchev–Trinajstić information content (AvgIpc) is 3.16. The van der Waals surface area contributed by atoms with Crippen molar-refractivity contribution in [1.29, 1.82) is 0 Å².